The maximum Gasteiger partial charge on any atom is 0.254 e. The number of hydrogen-bond acceptors (Lipinski definition) is 3. The monoisotopic (exact) mass is 276 g/mol. The summed E-state index contributed by atoms with van der Waals surface area (Å²) in [5, 5.41) is 3.38. The highest BCUT2D eigenvalue weighted by atomic mass is 16.5. The molecule has 1 heterocycles. The summed E-state index contributed by atoms with van der Waals surface area (Å²) < 4.78 is 5.13. The third-order valence-corrected chi connectivity index (χ3v) is 3.69. The number of nitrogens with one attached hydrogen (secondary N) is 1. The maximum atomic E-state index is 12.6. The fraction of sp³-hybridized carbons (Fsp3) is 0.562. The first-order chi connectivity index (χ1) is 9.61. The van der Waals surface area contributed by atoms with Gasteiger partial charge >= 0.3 is 0 Å². The van der Waals surface area contributed by atoms with Crippen LogP contribution in [0.25, 0.3) is 0 Å². The summed E-state index contributed by atoms with van der Waals surface area (Å²) in [7, 11) is 1.63. The fourth-order valence-corrected chi connectivity index (χ4v) is 2.68. The number of piperazine rings is 1. The lowest BCUT2D eigenvalue weighted by Gasteiger charge is -2.37. The van der Waals surface area contributed by atoms with Crippen LogP contribution in [0.4, 0.5) is 0 Å². The fourth-order valence-electron chi connectivity index (χ4n) is 2.68. The summed E-state index contributed by atoms with van der Waals surface area (Å²) in [4.78, 5) is 14.7. The molecule has 1 aromatic rings. The van der Waals surface area contributed by atoms with Crippen LogP contribution < -0.4 is 10.1 Å². The molecular weight excluding hydrogens is 252 g/mol. The van der Waals surface area contributed by atoms with Crippen LogP contribution in [0.3, 0.4) is 0 Å². The Morgan fingerprint density at radius 1 is 1.40 bits per heavy atom. The average Bonchev–Trinajstić information content (AvgIpc) is 2.46. The van der Waals surface area contributed by atoms with E-state index in [0.717, 1.165) is 37.4 Å². The van der Waals surface area contributed by atoms with Gasteiger partial charge < -0.3 is 15.0 Å². The number of carbonyl (C=O) groups excluding carboxylic acids is 1. The molecule has 1 N–H and O–H groups in total. The highest BCUT2D eigenvalue weighted by Gasteiger charge is 2.27. The zero-order valence-corrected chi connectivity index (χ0v) is 12.6. The molecule has 1 aliphatic heterocycles. The summed E-state index contributed by atoms with van der Waals surface area (Å²) in [6.07, 6.45) is 1.04. The molecule has 1 aromatic carbocycles. The van der Waals surface area contributed by atoms with Crippen LogP contribution in [0, 0.1) is 5.92 Å². The van der Waals surface area contributed by atoms with Gasteiger partial charge in [-0.3, -0.25) is 4.79 Å². The smallest absolute Gasteiger partial charge is 0.254 e. The molecule has 4 nitrogen and oxygen atoms in total. The molecular formula is C16H24N2O2. The molecule has 4 heteroatoms. The van der Waals surface area contributed by atoms with E-state index in [0.29, 0.717) is 12.0 Å². The van der Waals surface area contributed by atoms with Crippen molar-refractivity contribution in [2.24, 2.45) is 5.92 Å². The molecule has 2 rings (SSSR count). The molecule has 0 bridgehead atoms. The van der Waals surface area contributed by atoms with E-state index in [1.807, 2.05) is 29.2 Å². The third-order valence-electron chi connectivity index (χ3n) is 3.69. The van der Waals surface area contributed by atoms with Gasteiger partial charge in [-0.1, -0.05) is 13.8 Å². The van der Waals surface area contributed by atoms with Crippen LogP contribution in [-0.4, -0.2) is 43.6 Å². The lowest BCUT2D eigenvalue weighted by atomic mass is 10.00. The van der Waals surface area contributed by atoms with Crippen molar-refractivity contribution in [1.82, 2.24) is 10.2 Å². The number of hydrogen-bond donors (Lipinski definition) is 1. The highest BCUT2D eigenvalue weighted by Crippen LogP contribution is 2.18. The molecule has 1 amide bonds. The van der Waals surface area contributed by atoms with Crippen LogP contribution in [0.1, 0.15) is 30.6 Å². The van der Waals surface area contributed by atoms with Gasteiger partial charge in [-0.15, -0.1) is 0 Å². The molecule has 20 heavy (non-hydrogen) atoms. The topological polar surface area (TPSA) is 41.6 Å². The largest absolute Gasteiger partial charge is 0.497 e. The average molecular weight is 276 g/mol. The quantitative estimate of drug-likeness (QED) is 0.916. The second-order valence-electron chi connectivity index (χ2n) is 5.71. The minimum absolute atomic E-state index is 0.125. The Labute approximate surface area is 121 Å². The van der Waals surface area contributed by atoms with Crippen molar-refractivity contribution in [3.05, 3.63) is 29.8 Å². The van der Waals surface area contributed by atoms with Gasteiger partial charge in [0.1, 0.15) is 5.75 Å². The highest BCUT2D eigenvalue weighted by molar-refractivity contribution is 5.94. The summed E-state index contributed by atoms with van der Waals surface area (Å²) >= 11 is 0. The Morgan fingerprint density at radius 3 is 2.70 bits per heavy atom. The number of amides is 1. The summed E-state index contributed by atoms with van der Waals surface area (Å²) in [5.74, 6) is 1.49. The van der Waals surface area contributed by atoms with Gasteiger partial charge in [0.05, 0.1) is 7.11 Å². The van der Waals surface area contributed by atoms with Crippen molar-refractivity contribution in [2.75, 3.05) is 26.7 Å². The van der Waals surface area contributed by atoms with E-state index in [9.17, 15) is 4.79 Å². The first-order valence-corrected chi connectivity index (χ1v) is 7.27. The van der Waals surface area contributed by atoms with Crippen LogP contribution in [0.5, 0.6) is 5.75 Å². The standard InChI is InChI=1S/C16H24N2O2/c1-12(2)10-14-11-17-8-9-18(14)16(19)13-4-6-15(20-3)7-5-13/h4-7,12,14,17H,8-11H2,1-3H3. The van der Waals surface area contributed by atoms with Gasteiger partial charge in [-0.05, 0) is 36.6 Å². The van der Waals surface area contributed by atoms with E-state index in [1.165, 1.54) is 0 Å². The van der Waals surface area contributed by atoms with E-state index in [2.05, 4.69) is 19.2 Å². The minimum Gasteiger partial charge on any atom is -0.497 e. The van der Waals surface area contributed by atoms with E-state index in [1.54, 1.807) is 7.11 Å². The molecule has 0 radical (unpaired) electrons. The van der Waals surface area contributed by atoms with Crippen molar-refractivity contribution in [3.63, 3.8) is 0 Å². The Kier molecular flexibility index (Phi) is 5.01. The van der Waals surface area contributed by atoms with E-state index < -0.39 is 0 Å². The second-order valence-corrected chi connectivity index (χ2v) is 5.71. The summed E-state index contributed by atoms with van der Waals surface area (Å²) in [6.45, 7) is 6.94. The van der Waals surface area contributed by atoms with Crippen molar-refractivity contribution < 1.29 is 9.53 Å². The number of carbonyl (C=O) groups is 1. The molecule has 0 saturated carbocycles. The zero-order valence-electron chi connectivity index (χ0n) is 12.6. The molecule has 110 valence electrons. The number of methoxy groups -OCH3 is 1. The van der Waals surface area contributed by atoms with Crippen LogP contribution in [0.15, 0.2) is 24.3 Å². The van der Waals surface area contributed by atoms with E-state index >= 15 is 0 Å². The molecule has 0 spiro atoms. The Morgan fingerprint density at radius 2 is 2.10 bits per heavy atom. The molecule has 0 aromatic heterocycles. The molecule has 1 fully saturated rings. The predicted molar refractivity (Wildman–Crippen MR) is 80.1 cm³/mol. The van der Waals surface area contributed by atoms with Gasteiger partial charge in [0.2, 0.25) is 0 Å². The number of rotatable bonds is 4. The maximum absolute atomic E-state index is 12.6. The number of ether oxygens (including phenoxy) is 1. The SMILES string of the molecule is COc1ccc(C(=O)N2CCNCC2CC(C)C)cc1. The summed E-state index contributed by atoms with van der Waals surface area (Å²) in [6, 6.07) is 7.66. The molecule has 0 aliphatic carbocycles. The van der Waals surface area contributed by atoms with Gasteiger partial charge in [0.25, 0.3) is 5.91 Å². The Hall–Kier alpha value is -1.55. The van der Waals surface area contributed by atoms with Gasteiger partial charge in [0, 0.05) is 31.2 Å². The van der Waals surface area contributed by atoms with Crippen molar-refractivity contribution in [3.8, 4) is 5.75 Å². The lowest BCUT2D eigenvalue weighted by Crippen LogP contribution is -2.54. The van der Waals surface area contributed by atoms with Crippen molar-refractivity contribution in [1.29, 1.82) is 0 Å². The van der Waals surface area contributed by atoms with E-state index in [4.69, 9.17) is 4.74 Å². The normalized spacial score (nSPS) is 19.2. The van der Waals surface area contributed by atoms with Crippen LogP contribution in [0.2, 0.25) is 0 Å². The first-order valence-electron chi connectivity index (χ1n) is 7.27. The predicted octanol–water partition coefficient (Wildman–Crippen LogP) is 2.16. The zero-order chi connectivity index (χ0) is 14.5. The van der Waals surface area contributed by atoms with Gasteiger partial charge in [-0.25, -0.2) is 0 Å². The summed E-state index contributed by atoms with van der Waals surface area (Å²) in [5.41, 5.74) is 0.737. The molecule has 1 unspecified atom stereocenters. The van der Waals surface area contributed by atoms with Crippen LogP contribution >= 0.6 is 0 Å². The Bertz CT molecular complexity index is 442. The van der Waals surface area contributed by atoms with Gasteiger partial charge in [0.15, 0.2) is 0 Å². The molecule has 1 aliphatic rings. The van der Waals surface area contributed by atoms with Crippen molar-refractivity contribution in [2.45, 2.75) is 26.3 Å². The Balaban J connectivity index is 2.11. The van der Waals surface area contributed by atoms with Crippen LogP contribution in [-0.2, 0) is 0 Å². The van der Waals surface area contributed by atoms with E-state index in [-0.39, 0.29) is 5.91 Å². The third kappa shape index (κ3) is 3.51. The first kappa shape index (κ1) is 14.9. The van der Waals surface area contributed by atoms with Gasteiger partial charge in [-0.2, -0.15) is 0 Å². The molecule has 1 saturated heterocycles. The number of benzene rings is 1. The van der Waals surface area contributed by atoms with Crippen molar-refractivity contribution >= 4 is 5.91 Å². The molecule has 1 atom stereocenters. The minimum atomic E-state index is 0.125. The number of nitrogens with zero attached hydrogens (tertiary/aromatic N) is 1. The lowest BCUT2D eigenvalue weighted by molar-refractivity contribution is 0.0610. The second kappa shape index (κ2) is 6.75.